The van der Waals surface area contributed by atoms with Crippen molar-refractivity contribution in [3.05, 3.63) is 36.2 Å². The number of para-hydroxylation sites is 1. The Bertz CT molecular complexity index is 638. The van der Waals surface area contributed by atoms with Crippen LogP contribution < -0.4 is 0 Å². The molecule has 0 amide bonds. The van der Waals surface area contributed by atoms with E-state index < -0.39 is 0 Å². The van der Waals surface area contributed by atoms with Crippen LogP contribution >= 0.6 is 0 Å². The van der Waals surface area contributed by atoms with E-state index in [1.807, 2.05) is 7.05 Å². The highest BCUT2D eigenvalue weighted by atomic mass is 16.4. The summed E-state index contributed by atoms with van der Waals surface area (Å²) in [5.74, 6) is 0.554. The first-order chi connectivity index (χ1) is 7.77. The predicted molar refractivity (Wildman–Crippen MR) is 60.9 cm³/mol. The molecule has 0 aliphatic carbocycles. The van der Waals surface area contributed by atoms with E-state index in [1.165, 1.54) is 22.9 Å². The number of benzene rings is 1. The summed E-state index contributed by atoms with van der Waals surface area (Å²) in [5, 5.41) is 8.83. The van der Waals surface area contributed by atoms with E-state index in [-0.39, 0.29) is 0 Å². The molecule has 2 aromatic heterocycles. The summed E-state index contributed by atoms with van der Waals surface area (Å²) in [7, 11) is 2.01. The molecule has 0 bridgehead atoms. The van der Waals surface area contributed by atoms with Gasteiger partial charge in [-0.2, -0.15) is 0 Å². The van der Waals surface area contributed by atoms with Crippen LogP contribution in [-0.4, -0.2) is 14.8 Å². The topological polar surface area (TPSA) is 43.9 Å². The molecular formula is C12H11N3O. The van der Waals surface area contributed by atoms with Crippen molar-refractivity contribution in [2.75, 3.05) is 0 Å². The lowest BCUT2D eigenvalue weighted by Crippen LogP contribution is -1.92. The minimum Gasteiger partial charge on any atom is -0.422 e. The summed E-state index contributed by atoms with van der Waals surface area (Å²) >= 11 is 0. The maximum atomic E-state index is 5.23. The first-order valence-electron chi connectivity index (χ1n) is 5.09. The van der Waals surface area contributed by atoms with Crippen LogP contribution in [0.2, 0.25) is 0 Å². The summed E-state index contributed by atoms with van der Waals surface area (Å²) in [5.41, 5.74) is 3.39. The Hall–Kier alpha value is -2.10. The second-order valence-corrected chi connectivity index (χ2v) is 3.85. The second kappa shape index (κ2) is 3.20. The largest absolute Gasteiger partial charge is 0.422 e. The molecule has 16 heavy (non-hydrogen) atoms. The number of nitrogens with zero attached hydrogens (tertiary/aromatic N) is 3. The highest BCUT2D eigenvalue weighted by Crippen LogP contribution is 2.27. The fourth-order valence-electron chi connectivity index (χ4n) is 2.11. The molecule has 4 heteroatoms. The third-order valence-corrected chi connectivity index (χ3v) is 2.84. The average molecular weight is 213 g/mol. The third kappa shape index (κ3) is 1.16. The Morgan fingerprint density at radius 1 is 1.31 bits per heavy atom. The molecule has 0 saturated carbocycles. The van der Waals surface area contributed by atoms with Gasteiger partial charge in [-0.05, 0) is 18.6 Å². The van der Waals surface area contributed by atoms with Crippen LogP contribution in [0.4, 0.5) is 0 Å². The van der Waals surface area contributed by atoms with Crippen molar-refractivity contribution in [3.8, 4) is 11.6 Å². The molecule has 0 radical (unpaired) electrons. The van der Waals surface area contributed by atoms with Gasteiger partial charge in [0.1, 0.15) is 5.69 Å². The zero-order valence-corrected chi connectivity index (χ0v) is 9.14. The standard InChI is InChI=1S/C12H11N3O/c1-8-4-3-5-9-6-10(15(2)11(8)9)12-14-13-7-16-12/h3-7H,1-2H3. The van der Waals surface area contributed by atoms with E-state index in [9.17, 15) is 0 Å². The van der Waals surface area contributed by atoms with Gasteiger partial charge < -0.3 is 8.98 Å². The summed E-state index contributed by atoms with van der Waals surface area (Å²) in [4.78, 5) is 0. The maximum Gasteiger partial charge on any atom is 0.264 e. The lowest BCUT2D eigenvalue weighted by molar-refractivity contribution is 0.564. The number of rotatable bonds is 1. The van der Waals surface area contributed by atoms with Crippen molar-refractivity contribution in [1.29, 1.82) is 0 Å². The van der Waals surface area contributed by atoms with Crippen molar-refractivity contribution in [3.63, 3.8) is 0 Å². The van der Waals surface area contributed by atoms with Gasteiger partial charge in [0.15, 0.2) is 0 Å². The molecule has 0 unspecified atom stereocenters. The minimum atomic E-state index is 0.554. The highest BCUT2D eigenvalue weighted by Gasteiger charge is 2.12. The zero-order valence-electron chi connectivity index (χ0n) is 9.14. The van der Waals surface area contributed by atoms with Crippen molar-refractivity contribution in [2.24, 2.45) is 7.05 Å². The van der Waals surface area contributed by atoms with Crippen LogP contribution in [-0.2, 0) is 7.05 Å². The summed E-state index contributed by atoms with van der Waals surface area (Å²) < 4.78 is 7.31. The summed E-state index contributed by atoms with van der Waals surface area (Å²) in [6.45, 7) is 2.10. The molecule has 3 rings (SSSR count). The average Bonchev–Trinajstić information content (AvgIpc) is 2.86. The molecule has 0 aliphatic heterocycles. The van der Waals surface area contributed by atoms with Crippen molar-refractivity contribution in [2.45, 2.75) is 6.92 Å². The van der Waals surface area contributed by atoms with Crippen molar-refractivity contribution in [1.82, 2.24) is 14.8 Å². The molecular weight excluding hydrogens is 202 g/mol. The van der Waals surface area contributed by atoms with Crippen LogP contribution in [0.5, 0.6) is 0 Å². The van der Waals surface area contributed by atoms with Gasteiger partial charge in [-0.15, -0.1) is 10.2 Å². The van der Waals surface area contributed by atoms with Crippen molar-refractivity contribution >= 4 is 10.9 Å². The Morgan fingerprint density at radius 2 is 2.19 bits per heavy atom. The van der Waals surface area contributed by atoms with Crippen LogP contribution in [0.25, 0.3) is 22.5 Å². The first kappa shape index (κ1) is 9.15. The zero-order chi connectivity index (χ0) is 11.1. The van der Waals surface area contributed by atoms with E-state index in [0.29, 0.717) is 5.89 Å². The molecule has 0 fully saturated rings. The van der Waals surface area contributed by atoms with Crippen LogP contribution in [0.15, 0.2) is 35.1 Å². The van der Waals surface area contributed by atoms with Gasteiger partial charge in [0.2, 0.25) is 6.39 Å². The van der Waals surface area contributed by atoms with E-state index in [4.69, 9.17) is 4.42 Å². The molecule has 1 aromatic carbocycles. The van der Waals surface area contributed by atoms with Gasteiger partial charge in [-0.25, -0.2) is 0 Å². The molecule has 3 aromatic rings. The summed E-state index contributed by atoms with van der Waals surface area (Å²) in [6, 6.07) is 8.30. The number of hydrogen-bond donors (Lipinski definition) is 0. The van der Waals surface area contributed by atoms with Gasteiger partial charge in [-0.1, -0.05) is 18.2 Å². The van der Waals surface area contributed by atoms with E-state index in [1.54, 1.807) is 0 Å². The fraction of sp³-hybridized carbons (Fsp3) is 0.167. The number of aromatic nitrogens is 3. The van der Waals surface area contributed by atoms with Gasteiger partial charge in [0.05, 0.1) is 5.52 Å². The van der Waals surface area contributed by atoms with Gasteiger partial charge in [0, 0.05) is 12.4 Å². The van der Waals surface area contributed by atoms with Gasteiger partial charge in [-0.3, -0.25) is 0 Å². The normalized spacial score (nSPS) is 11.1. The van der Waals surface area contributed by atoms with Gasteiger partial charge in [0.25, 0.3) is 5.89 Å². The summed E-state index contributed by atoms with van der Waals surface area (Å²) in [6.07, 6.45) is 1.35. The molecule has 0 aliphatic rings. The monoisotopic (exact) mass is 213 g/mol. The van der Waals surface area contributed by atoms with E-state index >= 15 is 0 Å². The molecule has 4 nitrogen and oxygen atoms in total. The molecule has 0 spiro atoms. The molecule has 2 heterocycles. The van der Waals surface area contributed by atoms with E-state index in [0.717, 1.165) is 5.69 Å². The minimum absolute atomic E-state index is 0.554. The third-order valence-electron chi connectivity index (χ3n) is 2.84. The quantitative estimate of drug-likeness (QED) is 0.624. The molecule has 0 N–H and O–H groups in total. The Morgan fingerprint density at radius 3 is 2.88 bits per heavy atom. The lowest BCUT2D eigenvalue weighted by atomic mass is 10.2. The van der Waals surface area contributed by atoms with Crippen LogP contribution in [0.1, 0.15) is 5.56 Å². The van der Waals surface area contributed by atoms with E-state index in [2.05, 4.69) is 46.0 Å². The maximum absolute atomic E-state index is 5.23. The van der Waals surface area contributed by atoms with Gasteiger partial charge >= 0.3 is 0 Å². The first-order valence-corrected chi connectivity index (χ1v) is 5.09. The predicted octanol–water partition coefficient (Wildman–Crippen LogP) is 2.54. The van der Waals surface area contributed by atoms with Crippen molar-refractivity contribution < 1.29 is 4.42 Å². The Labute approximate surface area is 92.5 Å². The Balaban J connectivity index is 2.36. The number of fused-ring (bicyclic) bond motifs is 1. The number of hydrogen-bond acceptors (Lipinski definition) is 3. The van der Waals surface area contributed by atoms with Crippen LogP contribution in [0.3, 0.4) is 0 Å². The second-order valence-electron chi connectivity index (χ2n) is 3.85. The smallest absolute Gasteiger partial charge is 0.264 e. The lowest BCUT2D eigenvalue weighted by Gasteiger charge is -2.02. The fourth-order valence-corrected chi connectivity index (χ4v) is 2.11. The SMILES string of the molecule is Cc1cccc2cc(-c3nnco3)n(C)c12. The Kier molecular flexibility index (Phi) is 1.83. The molecule has 0 saturated heterocycles. The molecule has 80 valence electrons. The molecule has 0 atom stereocenters. The number of aryl methyl sites for hydroxylation is 2. The highest BCUT2D eigenvalue weighted by molar-refractivity contribution is 5.88. The van der Waals surface area contributed by atoms with Crippen LogP contribution in [0, 0.1) is 6.92 Å².